The molecule has 2 N–H and O–H groups in total. The second-order valence-electron chi connectivity index (χ2n) is 4.51. The predicted molar refractivity (Wildman–Crippen MR) is 66.1 cm³/mol. The average Bonchev–Trinajstić information content (AvgIpc) is 2.67. The van der Waals surface area contributed by atoms with E-state index < -0.39 is 0 Å². The van der Waals surface area contributed by atoms with E-state index in [1.54, 1.807) is 0 Å². The molecule has 0 amide bonds. The molecule has 1 saturated carbocycles. The number of hydrogen-bond donors (Lipinski definition) is 2. The molecule has 0 saturated heterocycles. The summed E-state index contributed by atoms with van der Waals surface area (Å²) in [6.07, 6.45) is 4.13. The van der Waals surface area contributed by atoms with Crippen LogP contribution in [0.15, 0.2) is 21.2 Å². The molecule has 1 fully saturated rings. The topological polar surface area (TPSA) is 45.4 Å². The number of aliphatic hydroxyl groups is 1. The smallest absolute Gasteiger partial charge is 0.169 e. The third-order valence-corrected chi connectivity index (χ3v) is 3.60. The molecule has 0 aromatic carbocycles. The van der Waals surface area contributed by atoms with E-state index in [4.69, 9.17) is 4.42 Å². The van der Waals surface area contributed by atoms with Gasteiger partial charge >= 0.3 is 0 Å². The molecule has 1 heterocycles. The maximum Gasteiger partial charge on any atom is 0.169 e. The first-order valence-corrected chi connectivity index (χ1v) is 6.66. The Morgan fingerprint density at radius 3 is 2.69 bits per heavy atom. The zero-order chi connectivity index (χ0) is 11.4. The van der Waals surface area contributed by atoms with E-state index >= 15 is 0 Å². The second kappa shape index (κ2) is 5.84. The zero-order valence-electron chi connectivity index (χ0n) is 9.29. The van der Waals surface area contributed by atoms with Crippen LogP contribution in [0.5, 0.6) is 0 Å². The van der Waals surface area contributed by atoms with E-state index in [0.717, 1.165) is 49.2 Å². The van der Waals surface area contributed by atoms with E-state index in [0.29, 0.717) is 5.92 Å². The molecule has 0 atom stereocenters. The second-order valence-corrected chi connectivity index (χ2v) is 5.29. The molecule has 0 radical (unpaired) electrons. The zero-order valence-corrected chi connectivity index (χ0v) is 10.9. The van der Waals surface area contributed by atoms with Crippen molar-refractivity contribution in [1.29, 1.82) is 0 Å². The van der Waals surface area contributed by atoms with Crippen LogP contribution in [0.1, 0.15) is 31.4 Å². The van der Waals surface area contributed by atoms with Gasteiger partial charge < -0.3 is 14.8 Å². The molecule has 0 spiro atoms. The van der Waals surface area contributed by atoms with Crippen LogP contribution in [0.25, 0.3) is 0 Å². The number of nitrogens with one attached hydrogen (secondary N) is 1. The van der Waals surface area contributed by atoms with Crippen molar-refractivity contribution in [3.05, 3.63) is 22.6 Å². The fraction of sp³-hybridized carbons (Fsp3) is 0.667. The highest BCUT2D eigenvalue weighted by molar-refractivity contribution is 9.10. The summed E-state index contributed by atoms with van der Waals surface area (Å²) in [5.41, 5.74) is 0. The van der Waals surface area contributed by atoms with Gasteiger partial charge in [0, 0.05) is 0 Å². The van der Waals surface area contributed by atoms with E-state index in [1.807, 2.05) is 12.1 Å². The van der Waals surface area contributed by atoms with Gasteiger partial charge in [-0.2, -0.15) is 0 Å². The minimum Gasteiger partial charge on any atom is -0.453 e. The molecule has 90 valence electrons. The summed E-state index contributed by atoms with van der Waals surface area (Å²) >= 11 is 3.29. The number of halogens is 1. The highest BCUT2D eigenvalue weighted by Gasteiger charge is 2.18. The van der Waals surface area contributed by atoms with Crippen molar-refractivity contribution in [2.24, 2.45) is 5.92 Å². The Hall–Kier alpha value is -0.320. The Bertz CT molecular complexity index is 319. The van der Waals surface area contributed by atoms with Crippen molar-refractivity contribution >= 4 is 15.9 Å². The quantitative estimate of drug-likeness (QED) is 0.895. The van der Waals surface area contributed by atoms with E-state index in [1.165, 1.54) is 0 Å². The molecule has 0 bridgehead atoms. The molecule has 0 unspecified atom stereocenters. The molecule has 4 heteroatoms. The summed E-state index contributed by atoms with van der Waals surface area (Å²) in [6.45, 7) is 1.80. The highest BCUT2D eigenvalue weighted by Crippen LogP contribution is 2.23. The summed E-state index contributed by atoms with van der Waals surface area (Å²) in [5.74, 6) is 1.67. The van der Waals surface area contributed by atoms with Gasteiger partial charge in [-0.15, -0.1) is 0 Å². The van der Waals surface area contributed by atoms with E-state index in [-0.39, 0.29) is 6.10 Å². The SMILES string of the molecule is OC1CCC(CNCc2ccc(Br)o2)CC1. The van der Waals surface area contributed by atoms with Crippen molar-refractivity contribution in [2.75, 3.05) is 6.54 Å². The first-order valence-electron chi connectivity index (χ1n) is 5.87. The maximum absolute atomic E-state index is 9.39. The van der Waals surface area contributed by atoms with Crippen molar-refractivity contribution in [3.63, 3.8) is 0 Å². The fourth-order valence-electron chi connectivity index (χ4n) is 2.20. The number of hydrogen-bond acceptors (Lipinski definition) is 3. The predicted octanol–water partition coefficient (Wildman–Crippen LogP) is 2.68. The van der Waals surface area contributed by atoms with Gasteiger partial charge in [-0.05, 0) is 66.2 Å². The standard InChI is InChI=1S/C12H18BrNO2/c13-12-6-5-11(16-12)8-14-7-9-1-3-10(15)4-2-9/h5-6,9-10,14-15H,1-4,7-8H2. The van der Waals surface area contributed by atoms with Crippen molar-refractivity contribution in [3.8, 4) is 0 Å². The molecule has 1 aromatic rings. The lowest BCUT2D eigenvalue weighted by molar-refractivity contribution is 0.108. The fourth-order valence-corrected chi connectivity index (χ4v) is 2.54. The Kier molecular flexibility index (Phi) is 4.44. The summed E-state index contributed by atoms with van der Waals surface area (Å²) in [7, 11) is 0. The molecular weight excluding hydrogens is 270 g/mol. The summed E-state index contributed by atoms with van der Waals surface area (Å²) < 4.78 is 6.19. The van der Waals surface area contributed by atoms with Crippen LogP contribution < -0.4 is 5.32 Å². The molecule has 3 nitrogen and oxygen atoms in total. The van der Waals surface area contributed by atoms with Crippen molar-refractivity contribution < 1.29 is 9.52 Å². The maximum atomic E-state index is 9.39. The van der Waals surface area contributed by atoms with Gasteiger partial charge in [-0.3, -0.25) is 0 Å². The molecule has 2 rings (SSSR count). The lowest BCUT2D eigenvalue weighted by atomic mass is 9.87. The first-order chi connectivity index (χ1) is 7.74. The summed E-state index contributed by atoms with van der Waals surface area (Å²) in [6, 6.07) is 3.88. The minimum absolute atomic E-state index is 0.0581. The minimum atomic E-state index is -0.0581. The third kappa shape index (κ3) is 3.61. The van der Waals surface area contributed by atoms with Gasteiger partial charge in [0.2, 0.25) is 0 Å². The van der Waals surface area contributed by atoms with Crippen molar-refractivity contribution in [2.45, 2.75) is 38.3 Å². The van der Waals surface area contributed by atoms with Gasteiger partial charge in [0.25, 0.3) is 0 Å². The van der Waals surface area contributed by atoms with Crippen LogP contribution in [0.4, 0.5) is 0 Å². The Morgan fingerprint density at radius 2 is 2.06 bits per heavy atom. The Balaban J connectivity index is 1.64. The Morgan fingerprint density at radius 1 is 1.31 bits per heavy atom. The van der Waals surface area contributed by atoms with Gasteiger partial charge in [0.1, 0.15) is 5.76 Å². The first kappa shape index (κ1) is 12.1. The average molecular weight is 288 g/mol. The monoisotopic (exact) mass is 287 g/mol. The van der Waals surface area contributed by atoms with Crippen LogP contribution >= 0.6 is 15.9 Å². The normalized spacial score (nSPS) is 25.9. The molecule has 0 aliphatic heterocycles. The lowest BCUT2D eigenvalue weighted by Crippen LogP contribution is -2.27. The van der Waals surface area contributed by atoms with Crippen LogP contribution in [-0.4, -0.2) is 17.8 Å². The highest BCUT2D eigenvalue weighted by atomic mass is 79.9. The van der Waals surface area contributed by atoms with Crippen LogP contribution in [0.3, 0.4) is 0 Å². The van der Waals surface area contributed by atoms with Crippen LogP contribution in [0, 0.1) is 5.92 Å². The Labute approximate surface area is 104 Å². The lowest BCUT2D eigenvalue weighted by Gasteiger charge is -2.25. The summed E-state index contributed by atoms with van der Waals surface area (Å²) in [4.78, 5) is 0. The van der Waals surface area contributed by atoms with Gasteiger partial charge in [0.15, 0.2) is 4.67 Å². The van der Waals surface area contributed by atoms with E-state index in [2.05, 4.69) is 21.2 Å². The molecule has 1 aliphatic carbocycles. The molecule has 1 aromatic heterocycles. The number of rotatable bonds is 4. The van der Waals surface area contributed by atoms with Gasteiger partial charge in [-0.1, -0.05) is 0 Å². The summed E-state index contributed by atoms with van der Waals surface area (Å²) in [5, 5.41) is 12.8. The van der Waals surface area contributed by atoms with E-state index in [9.17, 15) is 5.11 Å². The van der Waals surface area contributed by atoms with Gasteiger partial charge in [0.05, 0.1) is 12.6 Å². The molecule has 16 heavy (non-hydrogen) atoms. The number of furan rings is 1. The van der Waals surface area contributed by atoms with Crippen LogP contribution in [-0.2, 0) is 6.54 Å². The third-order valence-electron chi connectivity index (χ3n) is 3.18. The largest absolute Gasteiger partial charge is 0.453 e. The molecule has 1 aliphatic rings. The number of aliphatic hydroxyl groups excluding tert-OH is 1. The molecular formula is C12H18BrNO2. The van der Waals surface area contributed by atoms with Gasteiger partial charge in [-0.25, -0.2) is 0 Å². The van der Waals surface area contributed by atoms with Crippen LogP contribution in [0.2, 0.25) is 0 Å². The van der Waals surface area contributed by atoms with Crippen molar-refractivity contribution in [1.82, 2.24) is 5.32 Å².